The lowest BCUT2D eigenvalue weighted by atomic mass is 10.1. The summed E-state index contributed by atoms with van der Waals surface area (Å²) >= 11 is 5.00. The first-order valence-electron chi connectivity index (χ1n) is 8.79. The van der Waals surface area contributed by atoms with Gasteiger partial charge in [-0.1, -0.05) is 0 Å². The zero-order chi connectivity index (χ0) is 20.1. The Balaban J connectivity index is 1.54. The van der Waals surface area contributed by atoms with Crippen molar-refractivity contribution in [3.63, 3.8) is 0 Å². The molecule has 3 rings (SSSR count). The quantitative estimate of drug-likeness (QED) is 0.732. The smallest absolute Gasteiger partial charge is 0.317 e. The fraction of sp³-hybridized carbons (Fsp3) is 0.368. The highest BCUT2D eigenvalue weighted by molar-refractivity contribution is 9.10. The van der Waals surface area contributed by atoms with Crippen molar-refractivity contribution in [2.24, 2.45) is 0 Å². The van der Waals surface area contributed by atoms with Gasteiger partial charge in [-0.15, -0.1) is 11.3 Å². The molecule has 0 aliphatic carbocycles. The number of hydrogen-bond acceptors (Lipinski definition) is 5. The van der Waals surface area contributed by atoms with E-state index in [0.717, 1.165) is 9.35 Å². The Kier molecular flexibility index (Phi) is 6.79. The number of carbonyl (C=O) groups excluding carboxylic acids is 2. The van der Waals surface area contributed by atoms with E-state index in [0.29, 0.717) is 49.8 Å². The normalized spacial score (nSPS) is 14.0. The van der Waals surface area contributed by atoms with E-state index in [4.69, 9.17) is 9.47 Å². The fourth-order valence-corrected chi connectivity index (χ4v) is 4.37. The summed E-state index contributed by atoms with van der Waals surface area (Å²) in [6.07, 6.45) is 0. The molecule has 2 aromatic rings. The standard InChI is InChI=1S/C19H22BrN3O4S/c1-26-14-3-4-16(17(10-14)27-2)18(24)22-5-7-23(8-6-22)19(25)21-11-15-9-13(20)12-28-15/h3-4,9-10,12H,5-8,11H2,1-2H3,(H,21,25). The van der Waals surface area contributed by atoms with Gasteiger partial charge in [0.2, 0.25) is 0 Å². The summed E-state index contributed by atoms with van der Waals surface area (Å²) < 4.78 is 11.5. The van der Waals surface area contributed by atoms with Crippen molar-refractivity contribution in [3.05, 3.63) is 44.6 Å². The van der Waals surface area contributed by atoms with Crippen LogP contribution in [0.3, 0.4) is 0 Å². The number of rotatable bonds is 5. The van der Waals surface area contributed by atoms with Crippen LogP contribution in [0.5, 0.6) is 11.5 Å². The average molecular weight is 468 g/mol. The number of benzene rings is 1. The monoisotopic (exact) mass is 467 g/mol. The van der Waals surface area contributed by atoms with Gasteiger partial charge in [0.05, 0.1) is 26.3 Å². The van der Waals surface area contributed by atoms with E-state index >= 15 is 0 Å². The number of amides is 3. The number of carbonyl (C=O) groups is 2. The summed E-state index contributed by atoms with van der Waals surface area (Å²) in [6.45, 7) is 2.43. The number of urea groups is 1. The third-order valence-corrected chi connectivity index (χ3v) is 6.23. The summed E-state index contributed by atoms with van der Waals surface area (Å²) in [7, 11) is 3.10. The van der Waals surface area contributed by atoms with Crippen LogP contribution in [0, 0.1) is 0 Å². The Bertz CT molecular complexity index is 849. The molecule has 1 aromatic heterocycles. The van der Waals surface area contributed by atoms with Gasteiger partial charge in [0.1, 0.15) is 11.5 Å². The molecular formula is C19H22BrN3O4S. The van der Waals surface area contributed by atoms with E-state index in [1.54, 1.807) is 46.4 Å². The molecule has 1 N–H and O–H groups in total. The molecule has 28 heavy (non-hydrogen) atoms. The first-order chi connectivity index (χ1) is 13.5. The van der Waals surface area contributed by atoms with Gasteiger partial charge < -0.3 is 24.6 Å². The second kappa shape index (κ2) is 9.29. The second-order valence-corrected chi connectivity index (χ2v) is 8.15. The van der Waals surface area contributed by atoms with E-state index < -0.39 is 0 Å². The van der Waals surface area contributed by atoms with Crippen LogP contribution in [0.1, 0.15) is 15.2 Å². The van der Waals surface area contributed by atoms with E-state index in [2.05, 4.69) is 21.2 Å². The zero-order valence-corrected chi connectivity index (χ0v) is 18.1. The first kappa shape index (κ1) is 20.5. The molecule has 1 aliphatic rings. The van der Waals surface area contributed by atoms with Crippen molar-refractivity contribution in [2.45, 2.75) is 6.54 Å². The predicted octanol–water partition coefficient (Wildman–Crippen LogP) is 3.20. The number of thiophene rings is 1. The molecule has 1 saturated heterocycles. The summed E-state index contributed by atoms with van der Waals surface area (Å²) in [5.74, 6) is 1.00. The van der Waals surface area contributed by atoms with Crippen LogP contribution in [-0.4, -0.2) is 62.1 Å². The number of nitrogens with one attached hydrogen (secondary N) is 1. The predicted molar refractivity (Wildman–Crippen MR) is 111 cm³/mol. The zero-order valence-electron chi connectivity index (χ0n) is 15.7. The van der Waals surface area contributed by atoms with Crippen molar-refractivity contribution >= 4 is 39.2 Å². The number of halogens is 1. The molecule has 0 radical (unpaired) electrons. The van der Waals surface area contributed by atoms with Crippen LogP contribution in [0.15, 0.2) is 34.1 Å². The van der Waals surface area contributed by atoms with Gasteiger partial charge in [0.25, 0.3) is 5.91 Å². The molecule has 2 heterocycles. The number of nitrogens with zero attached hydrogens (tertiary/aromatic N) is 2. The molecule has 0 atom stereocenters. The summed E-state index contributed by atoms with van der Waals surface area (Å²) in [5, 5.41) is 4.91. The number of piperazine rings is 1. The summed E-state index contributed by atoms with van der Waals surface area (Å²) in [5.41, 5.74) is 0.490. The molecule has 150 valence electrons. The van der Waals surface area contributed by atoms with Crippen LogP contribution in [0.25, 0.3) is 0 Å². The Morgan fingerprint density at radius 2 is 1.82 bits per heavy atom. The number of methoxy groups -OCH3 is 2. The molecule has 1 fully saturated rings. The maximum atomic E-state index is 12.9. The molecule has 3 amide bonds. The molecule has 1 aliphatic heterocycles. The summed E-state index contributed by atoms with van der Waals surface area (Å²) in [6, 6.07) is 7.02. The average Bonchev–Trinajstić information content (AvgIpc) is 3.16. The minimum atomic E-state index is -0.112. The molecule has 7 nitrogen and oxygen atoms in total. The molecule has 0 saturated carbocycles. The third kappa shape index (κ3) is 4.77. The van der Waals surface area contributed by atoms with E-state index in [-0.39, 0.29) is 11.9 Å². The molecular weight excluding hydrogens is 446 g/mol. The highest BCUT2D eigenvalue weighted by atomic mass is 79.9. The van der Waals surface area contributed by atoms with Gasteiger partial charge in [-0.2, -0.15) is 0 Å². The van der Waals surface area contributed by atoms with Gasteiger partial charge in [-0.3, -0.25) is 4.79 Å². The molecule has 0 unspecified atom stereocenters. The molecule has 9 heteroatoms. The summed E-state index contributed by atoms with van der Waals surface area (Å²) in [4.78, 5) is 29.8. The minimum absolute atomic E-state index is 0.108. The number of hydrogen-bond donors (Lipinski definition) is 1. The molecule has 1 aromatic carbocycles. The Morgan fingerprint density at radius 1 is 1.11 bits per heavy atom. The third-order valence-electron chi connectivity index (χ3n) is 4.53. The van der Waals surface area contributed by atoms with Crippen LogP contribution >= 0.6 is 27.3 Å². The maximum Gasteiger partial charge on any atom is 0.317 e. The van der Waals surface area contributed by atoms with Crippen LogP contribution in [0.2, 0.25) is 0 Å². The Morgan fingerprint density at radius 3 is 2.43 bits per heavy atom. The van der Waals surface area contributed by atoms with Crippen molar-refractivity contribution in [2.75, 3.05) is 40.4 Å². The number of ether oxygens (including phenoxy) is 2. The van der Waals surface area contributed by atoms with Crippen LogP contribution in [0.4, 0.5) is 4.79 Å². The highest BCUT2D eigenvalue weighted by Gasteiger charge is 2.26. The van der Waals surface area contributed by atoms with Gasteiger partial charge in [0, 0.05) is 47.0 Å². The maximum absolute atomic E-state index is 12.9. The minimum Gasteiger partial charge on any atom is -0.497 e. The highest BCUT2D eigenvalue weighted by Crippen LogP contribution is 2.26. The lowest BCUT2D eigenvalue weighted by Gasteiger charge is -2.35. The van der Waals surface area contributed by atoms with E-state index in [1.165, 1.54) is 7.11 Å². The second-order valence-electron chi connectivity index (χ2n) is 6.24. The van der Waals surface area contributed by atoms with Crippen LogP contribution in [-0.2, 0) is 6.54 Å². The lowest BCUT2D eigenvalue weighted by Crippen LogP contribution is -2.53. The fourth-order valence-electron chi connectivity index (χ4n) is 2.98. The van der Waals surface area contributed by atoms with E-state index in [9.17, 15) is 9.59 Å². The van der Waals surface area contributed by atoms with Gasteiger partial charge in [0.15, 0.2) is 0 Å². The van der Waals surface area contributed by atoms with Gasteiger partial charge in [-0.25, -0.2) is 4.79 Å². The topological polar surface area (TPSA) is 71.1 Å². The largest absolute Gasteiger partial charge is 0.497 e. The Labute approximate surface area is 176 Å². The van der Waals surface area contributed by atoms with Crippen molar-refractivity contribution in [3.8, 4) is 11.5 Å². The molecule has 0 spiro atoms. The van der Waals surface area contributed by atoms with Crippen LogP contribution < -0.4 is 14.8 Å². The van der Waals surface area contributed by atoms with Gasteiger partial charge in [-0.05, 0) is 34.1 Å². The van der Waals surface area contributed by atoms with Gasteiger partial charge >= 0.3 is 6.03 Å². The molecule has 0 bridgehead atoms. The van der Waals surface area contributed by atoms with Crippen molar-refractivity contribution in [1.82, 2.24) is 15.1 Å². The lowest BCUT2D eigenvalue weighted by molar-refractivity contribution is 0.0661. The first-order valence-corrected chi connectivity index (χ1v) is 10.5. The van der Waals surface area contributed by atoms with E-state index in [1.807, 2.05) is 11.4 Å². The van der Waals surface area contributed by atoms with Crippen molar-refractivity contribution in [1.29, 1.82) is 0 Å². The SMILES string of the molecule is COc1ccc(C(=O)N2CCN(C(=O)NCc3cc(Br)cs3)CC2)c(OC)c1. The Hall–Kier alpha value is -2.26. The van der Waals surface area contributed by atoms with Crippen molar-refractivity contribution < 1.29 is 19.1 Å².